The van der Waals surface area contributed by atoms with Gasteiger partial charge in [-0.3, -0.25) is 0 Å². The van der Waals surface area contributed by atoms with Gasteiger partial charge in [0.25, 0.3) is 0 Å². The Bertz CT molecular complexity index is 3940. The molecule has 0 amide bonds. The van der Waals surface area contributed by atoms with Crippen LogP contribution in [0, 0.1) is 0 Å². The molecule has 0 spiro atoms. The maximum absolute atomic E-state index is 7.04. The molecule has 0 aliphatic heterocycles. The third-order valence-corrected chi connectivity index (χ3v) is 13.1. The summed E-state index contributed by atoms with van der Waals surface area (Å²) in [6, 6.07) is 85.2. The van der Waals surface area contributed by atoms with Gasteiger partial charge in [0.2, 0.25) is 0 Å². The molecular formula is C63H40N4O. The summed E-state index contributed by atoms with van der Waals surface area (Å²) in [7, 11) is 0. The van der Waals surface area contributed by atoms with Gasteiger partial charge in [-0.1, -0.05) is 188 Å². The minimum atomic E-state index is 0.579. The zero-order valence-electron chi connectivity index (χ0n) is 36.8. The molecule has 5 nitrogen and oxygen atoms in total. The van der Waals surface area contributed by atoms with E-state index >= 15 is 0 Å². The van der Waals surface area contributed by atoms with E-state index in [0.717, 1.165) is 111 Å². The van der Waals surface area contributed by atoms with E-state index in [0.29, 0.717) is 17.5 Å². The molecule has 13 rings (SSSR count). The number of hydrogen-bond acceptors (Lipinski definition) is 4. The molecule has 3 heterocycles. The van der Waals surface area contributed by atoms with Crippen LogP contribution in [-0.4, -0.2) is 19.5 Å². The first-order valence-corrected chi connectivity index (χ1v) is 22.9. The zero-order valence-corrected chi connectivity index (χ0v) is 36.8. The minimum absolute atomic E-state index is 0.579. The van der Waals surface area contributed by atoms with E-state index < -0.39 is 0 Å². The van der Waals surface area contributed by atoms with Gasteiger partial charge in [-0.2, -0.15) is 0 Å². The lowest BCUT2D eigenvalue weighted by Gasteiger charge is -2.17. The molecule has 0 atom stereocenters. The molecule has 0 fully saturated rings. The van der Waals surface area contributed by atoms with Gasteiger partial charge in [-0.15, -0.1) is 0 Å². The summed E-state index contributed by atoms with van der Waals surface area (Å²) in [5.41, 5.74) is 16.4. The summed E-state index contributed by atoms with van der Waals surface area (Å²) in [6.07, 6.45) is 0. The molecule has 0 unspecified atom stereocenters. The van der Waals surface area contributed by atoms with Crippen molar-refractivity contribution in [2.45, 2.75) is 0 Å². The first-order chi connectivity index (χ1) is 33.7. The molecule has 0 saturated heterocycles. The summed E-state index contributed by atoms with van der Waals surface area (Å²) in [5, 5.41) is 4.39. The van der Waals surface area contributed by atoms with Crippen molar-refractivity contribution >= 4 is 43.7 Å². The van der Waals surface area contributed by atoms with Crippen LogP contribution in [0.1, 0.15) is 0 Å². The Balaban J connectivity index is 1.05. The Kier molecular flexibility index (Phi) is 9.43. The second kappa shape index (κ2) is 16.4. The predicted molar refractivity (Wildman–Crippen MR) is 279 cm³/mol. The van der Waals surface area contributed by atoms with Crippen molar-refractivity contribution in [2.24, 2.45) is 0 Å². The normalized spacial score (nSPS) is 11.5. The molecule has 10 aromatic carbocycles. The predicted octanol–water partition coefficient (Wildman–Crippen LogP) is 16.5. The molecule has 13 aromatic rings. The lowest BCUT2D eigenvalue weighted by Crippen LogP contribution is -2.01. The maximum atomic E-state index is 7.04. The van der Waals surface area contributed by atoms with Crippen molar-refractivity contribution in [3.8, 4) is 84.4 Å². The van der Waals surface area contributed by atoms with Crippen molar-refractivity contribution in [2.75, 3.05) is 0 Å². The molecule has 318 valence electrons. The largest absolute Gasteiger partial charge is 0.455 e. The number of nitrogens with zero attached hydrogens (tertiary/aromatic N) is 4. The zero-order chi connectivity index (χ0) is 45.0. The molecule has 0 N–H and O–H groups in total. The van der Waals surface area contributed by atoms with Crippen molar-refractivity contribution in [1.82, 2.24) is 19.5 Å². The highest BCUT2D eigenvalue weighted by Gasteiger charge is 2.22. The van der Waals surface area contributed by atoms with Crippen molar-refractivity contribution in [1.29, 1.82) is 0 Å². The van der Waals surface area contributed by atoms with Crippen LogP contribution in [0.2, 0.25) is 0 Å². The number of fused-ring (bicyclic) bond motifs is 7. The first kappa shape index (κ1) is 39.2. The van der Waals surface area contributed by atoms with Crippen LogP contribution in [0.5, 0.6) is 0 Å². The standard InChI is InChI=1S/C63H40N4O/c1-6-18-41(19-7-1)45-30-33-49(42-20-8-2-9-21-42)54(38-45)46-31-34-50(55(39-46)63-65-61(43-22-10-3-11-23-43)64-62(66-63)44-24-12-4-13-25-44)47-32-35-51-52-36-37-57-59(60(52)68-58(51)40-47)53-28-16-17-29-56(53)67(57)48-26-14-5-15-27-48/h1-40H. The van der Waals surface area contributed by atoms with Crippen molar-refractivity contribution in [3.05, 3.63) is 243 Å². The quantitative estimate of drug-likeness (QED) is 0.153. The van der Waals surface area contributed by atoms with Crippen LogP contribution in [0.15, 0.2) is 247 Å². The van der Waals surface area contributed by atoms with Gasteiger partial charge >= 0.3 is 0 Å². The van der Waals surface area contributed by atoms with E-state index in [4.69, 9.17) is 19.4 Å². The van der Waals surface area contributed by atoms with Gasteiger partial charge in [-0.05, 0) is 99.1 Å². The van der Waals surface area contributed by atoms with E-state index in [-0.39, 0.29) is 0 Å². The van der Waals surface area contributed by atoms with Gasteiger partial charge in [-0.25, -0.2) is 15.0 Å². The Morgan fingerprint density at radius 2 is 0.794 bits per heavy atom. The fourth-order valence-electron chi connectivity index (χ4n) is 9.85. The highest BCUT2D eigenvalue weighted by Crippen LogP contribution is 2.44. The van der Waals surface area contributed by atoms with Crippen LogP contribution >= 0.6 is 0 Å². The van der Waals surface area contributed by atoms with E-state index in [1.807, 2.05) is 36.4 Å². The van der Waals surface area contributed by atoms with E-state index in [2.05, 4.69) is 211 Å². The minimum Gasteiger partial charge on any atom is -0.455 e. The molecular weight excluding hydrogens is 829 g/mol. The maximum Gasteiger partial charge on any atom is 0.164 e. The fraction of sp³-hybridized carbons (Fsp3) is 0. The molecule has 0 radical (unpaired) electrons. The van der Waals surface area contributed by atoms with E-state index in [1.54, 1.807) is 0 Å². The van der Waals surface area contributed by atoms with Crippen molar-refractivity contribution in [3.63, 3.8) is 0 Å². The van der Waals surface area contributed by atoms with E-state index in [1.165, 1.54) is 0 Å². The van der Waals surface area contributed by atoms with Gasteiger partial charge < -0.3 is 8.98 Å². The highest BCUT2D eigenvalue weighted by molar-refractivity contribution is 6.24. The SMILES string of the molecule is c1ccc(-c2ccc(-c3ccccc3)c(-c3ccc(-c4ccc5c(c4)oc4c5ccc5c4c4ccccc4n5-c4ccccc4)c(-c4nc(-c5ccccc5)nc(-c5ccccc5)n4)c3)c2)cc1. The molecule has 68 heavy (non-hydrogen) atoms. The van der Waals surface area contributed by atoms with Crippen LogP contribution in [-0.2, 0) is 0 Å². The smallest absolute Gasteiger partial charge is 0.164 e. The number of para-hydroxylation sites is 2. The molecule has 0 saturated carbocycles. The number of rotatable bonds is 8. The number of benzene rings is 10. The summed E-state index contributed by atoms with van der Waals surface area (Å²) in [6.45, 7) is 0. The van der Waals surface area contributed by atoms with Crippen LogP contribution < -0.4 is 0 Å². The first-order valence-electron chi connectivity index (χ1n) is 22.9. The molecule has 0 aliphatic carbocycles. The lowest BCUT2D eigenvalue weighted by molar-refractivity contribution is 0.673. The molecule has 5 heteroatoms. The number of aromatic nitrogens is 4. The number of furan rings is 1. The van der Waals surface area contributed by atoms with Crippen LogP contribution in [0.25, 0.3) is 128 Å². The van der Waals surface area contributed by atoms with Crippen LogP contribution in [0.3, 0.4) is 0 Å². The molecule has 3 aromatic heterocycles. The van der Waals surface area contributed by atoms with Gasteiger partial charge in [0.1, 0.15) is 11.2 Å². The second-order valence-electron chi connectivity index (χ2n) is 17.1. The monoisotopic (exact) mass is 868 g/mol. The molecule has 0 aliphatic rings. The van der Waals surface area contributed by atoms with E-state index in [9.17, 15) is 0 Å². The number of hydrogen-bond donors (Lipinski definition) is 0. The Hall–Kier alpha value is -9.19. The second-order valence-corrected chi connectivity index (χ2v) is 17.1. The topological polar surface area (TPSA) is 56.7 Å². The van der Waals surface area contributed by atoms with Crippen LogP contribution in [0.4, 0.5) is 0 Å². The third kappa shape index (κ3) is 6.76. The van der Waals surface area contributed by atoms with Crippen molar-refractivity contribution < 1.29 is 4.42 Å². The fourth-order valence-corrected chi connectivity index (χ4v) is 9.85. The summed E-state index contributed by atoms with van der Waals surface area (Å²) in [5.74, 6) is 1.79. The summed E-state index contributed by atoms with van der Waals surface area (Å²) in [4.78, 5) is 15.7. The van der Waals surface area contributed by atoms with Gasteiger partial charge in [0.05, 0.1) is 16.4 Å². The Morgan fingerprint density at radius 1 is 0.294 bits per heavy atom. The highest BCUT2D eigenvalue weighted by atomic mass is 16.3. The summed E-state index contributed by atoms with van der Waals surface area (Å²) >= 11 is 0. The Morgan fingerprint density at radius 3 is 1.47 bits per heavy atom. The molecule has 0 bridgehead atoms. The van der Waals surface area contributed by atoms with Gasteiger partial charge in [0.15, 0.2) is 17.5 Å². The van der Waals surface area contributed by atoms with Gasteiger partial charge in [0, 0.05) is 38.5 Å². The summed E-state index contributed by atoms with van der Waals surface area (Å²) < 4.78 is 9.37. The Labute approximate surface area is 392 Å². The average molecular weight is 869 g/mol. The average Bonchev–Trinajstić information content (AvgIpc) is 3.97. The lowest BCUT2D eigenvalue weighted by atomic mass is 9.88. The third-order valence-electron chi connectivity index (χ3n) is 13.1.